The number of benzene rings is 2. The first-order valence-corrected chi connectivity index (χ1v) is 7.86. The smallest absolute Gasteiger partial charge is 0.422 e. The van der Waals surface area contributed by atoms with Crippen molar-refractivity contribution in [3.8, 4) is 17.2 Å². The van der Waals surface area contributed by atoms with Gasteiger partial charge in [0.25, 0.3) is 0 Å². The van der Waals surface area contributed by atoms with E-state index in [0.717, 1.165) is 5.56 Å². The molecule has 0 heterocycles. The second-order valence-electron chi connectivity index (χ2n) is 5.43. The largest absolute Gasteiger partial charge is 0.493 e. The molecule has 0 saturated heterocycles. The van der Waals surface area contributed by atoms with E-state index < -0.39 is 18.8 Å². The number of halogens is 3. The summed E-state index contributed by atoms with van der Waals surface area (Å²) in [7, 11) is 3.03. The van der Waals surface area contributed by atoms with Gasteiger partial charge in [0.2, 0.25) is 0 Å². The molecule has 2 amide bonds. The third-order valence-corrected chi connectivity index (χ3v) is 3.40. The lowest BCUT2D eigenvalue weighted by Crippen LogP contribution is -2.28. The molecule has 2 aromatic rings. The Morgan fingerprint density at radius 2 is 1.78 bits per heavy atom. The van der Waals surface area contributed by atoms with E-state index in [4.69, 9.17) is 9.47 Å². The van der Waals surface area contributed by atoms with Gasteiger partial charge in [0.05, 0.1) is 14.2 Å². The third kappa shape index (κ3) is 6.61. The molecule has 0 spiro atoms. The van der Waals surface area contributed by atoms with Crippen LogP contribution in [0.3, 0.4) is 0 Å². The Morgan fingerprint density at radius 1 is 1.04 bits per heavy atom. The summed E-state index contributed by atoms with van der Waals surface area (Å²) < 4.78 is 51.6. The Morgan fingerprint density at radius 3 is 2.44 bits per heavy atom. The minimum atomic E-state index is -4.43. The van der Waals surface area contributed by atoms with Crippen LogP contribution in [0.1, 0.15) is 5.56 Å². The maximum absolute atomic E-state index is 12.2. The van der Waals surface area contributed by atoms with Gasteiger partial charge < -0.3 is 24.8 Å². The first kappa shape index (κ1) is 20.2. The van der Waals surface area contributed by atoms with Gasteiger partial charge in [0.15, 0.2) is 18.1 Å². The van der Waals surface area contributed by atoms with Gasteiger partial charge in [0.1, 0.15) is 5.75 Å². The van der Waals surface area contributed by atoms with Gasteiger partial charge >= 0.3 is 12.2 Å². The van der Waals surface area contributed by atoms with Crippen LogP contribution in [-0.2, 0) is 6.54 Å². The fourth-order valence-electron chi connectivity index (χ4n) is 2.18. The Hall–Kier alpha value is -3.10. The van der Waals surface area contributed by atoms with Crippen molar-refractivity contribution in [1.82, 2.24) is 5.32 Å². The van der Waals surface area contributed by atoms with Crippen LogP contribution < -0.4 is 24.8 Å². The summed E-state index contributed by atoms with van der Waals surface area (Å²) >= 11 is 0. The second kappa shape index (κ2) is 9.02. The van der Waals surface area contributed by atoms with Crippen molar-refractivity contribution in [2.24, 2.45) is 0 Å². The molecule has 9 heteroatoms. The van der Waals surface area contributed by atoms with E-state index in [1.165, 1.54) is 38.5 Å². The molecular weight excluding hydrogens is 365 g/mol. The number of hydrogen-bond donors (Lipinski definition) is 2. The van der Waals surface area contributed by atoms with E-state index >= 15 is 0 Å². The van der Waals surface area contributed by atoms with Gasteiger partial charge in [0, 0.05) is 18.3 Å². The molecular formula is C18H19F3N2O4. The summed E-state index contributed by atoms with van der Waals surface area (Å²) in [4.78, 5) is 12.0. The maximum Gasteiger partial charge on any atom is 0.422 e. The normalized spacial score (nSPS) is 10.9. The highest BCUT2D eigenvalue weighted by Crippen LogP contribution is 2.27. The summed E-state index contributed by atoms with van der Waals surface area (Å²) in [5, 5.41) is 5.18. The van der Waals surface area contributed by atoms with Crippen LogP contribution in [0.4, 0.5) is 23.7 Å². The van der Waals surface area contributed by atoms with Crippen molar-refractivity contribution in [1.29, 1.82) is 0 Å². The maximum atomic E-state index is 12.2. The highest BCUT2D eigenvalue weighted by Gasteiger charge is 2.28. The van der Waals surface area contributed by atoms with Crippen LogP contribution in [0.5, 0.6) is 17.2 Å². The number of anilines is 1. The molecule has 0 bridgehead atoms. The van der Waals surface area contributed by atoms with Crippen molar-refractivity contribution in [3.63, 3.8) is 0 Å². The van der Waals surface area contributed by atoms with Crippen LogP contribution in [0.2, 0.25) is 0 Å². The number of methoxy groups -OCH3 is 2. The highest BCUT2D eigenvalue weighted by molar-refractivity contribution is 5.89. The van der Waals surface area contributed by atoms with Crippen LogP contribution in [0, 0.1) is 0 Å². The molecule has 0 aliphatic rings. The van der Waals surface area contributed by atoms with E-state index in [9.17, 15) is 18.0 Å². The van der Waals surface area contributed by atoms with Gasteiger partial charge in [-0.2, -0.15) is 13.2 Å². The molecule has 0 unspecified atom stereocenters. The standard InChI is InChI=1S/C18H19F3N2O4/c1-25-15-7-6-12(8-16(15)26-2)10-22-17(24)23-13-4-3-5-14(9-13)27-11-18(19,20)21/h3-9H,10-11H2,1-2H3,(H2,22,23,24). The quantitative estimate of drug-likeness (QED) is 0.758. The van der Waals surface area contributed by atoms with Gasteiger partial charge in [-0.05, 0) is 29.8 Å². The monoisotopic (exact) mass is 384 g/mol. The fourth-order valence-corrected chi connectivity index (χ4v) is 2.18. The van der Waals surface area contributed by atoms with E-state index in [2.05, 4.69) is 15.4 Å². The summed E-state index contributed by atoms with van der Waals surface area (Å²) in [6.45, 7) is -1.18. The third-order valence-electron chi connectivity index (χ3n) is 3.40. The first-order chi connectivity index (χ1) is 12.8. The molecule has 0 aromatic heterocycles. The second-order valence-corrected chi connectivity index (χ2v) is 5.43. The summed E-state index contributed by atoms with van der Waals surface area (Å²) in [6, 6.07) is 10.4. The van der Waals surface area contributed by atoms with Gasteiger partial charge in [-0.1, -0.05) is 12.1 Å². The molecule has 0 aliphatic carbocycles. The molecule has 0 saturated carbocycles. The summed E-state index contributed by atoms with van der Waals surface area (Å²) in [5.74, 6) is 1.11. The van der Waals surface area contributed by atoms with Gasteiger partial charge in [-0.3, -0.25) is 0 Å². The lowest BCUT2D eigenvalue weighted by atomic mass is 10.2. The first-order valence-electron chi connectivity index (χ1n) is 7.86. The van der Waals surface area contributed by atoms with Crippen molar-refractivity contribution in [3.05, 3.63) is 48.0 Å². The van der Waals surface area contributed by atoms with E-state index in [1.807, 2.05) is 0 Å². The Kier molecular flexibility index (Phi) is 6.75. The number of alkyl halides is 3. The molecule has 2 N–H and O–H groups in total. The molecule has 2 aromatic carbocycles. The number of ether oxygens (including phenoxy) is 3. The van der Waals surface area contributed by atoms with Crippen molar-refractivity contribution >= 4 is 11.7 Å². The molecule has 0 atom stereocenters. The number of carbonyl (C=O) groups excluding carboxylic acids is 1. The minimum absolute atomic E-state index is 0.00464. The van der Waals surface area contributed by atoms with Crippen LogP contribution in [0.15, 0.2) is 42.5 Å². The average molecular weight is 384 g/mol. The number of urea groups is 1. The molecule has 0 fully saturated rings. The average Bonchev–Trinajstić information content (AvgIpc) is 2.64. The Labute approximate surface area is 154 Å². The number of carbonyl (C=O) groups is 1. The lowest BCUT2D eigenvalue weighted by molar-refractivity contribution is -0.153. The molecule has 146 valence electrons. The van der Waals surface area contributed by atoms with Crippen molar-refractivity contribution in [2.75, 3.05) is 26.1 Å². The van der Waals surface area contributed by atoms with Gasteiger partial charge in [-0.15, -0.1) is 0 Å². The van der Waals surface area contributed by atoms with Gasteiger partial charge in [-0.25, -0.2) is 4.79 Å². The molecule has 2 rings (SSSR count). The van der Waals surface area contributed by atoms with E-state index in [-0.39, 0.29) is 12.3 Å². The fraction of sp³-hybridized carbons (Fsp3) is 0.278. The van der Waals surface area contributed by atoms with Crippen LogP contribution >= 0.6 is 0 Å². The zero-order chi connectivity index (χ0) is 19.9. The molecule has 6 nitrogen and oxygen atoms in total. The summed E-state index contributed by atoms with van der Waals surface area (Å²) in [5.41, 5.74) is 1.09. The number of rotatable bonds is 7. The SMILES string of the molecule is COc1ccc(CNC(=O)Nc2cccc(OCC(F)(F)F)c2)cc1OC. The van der Waals surface area contributed by atoms with E-state index in [0.29, 0.717) is 17.2 Å². The summed E-state index contributed by atoms with van der Waals surface area (Å²) in [6.07, 6.45) is -4.43. The van der Waals surface area contributed by atoms with Crippen molar-refractivity contribution < 1.29 is 32.2 Å². The zero-order valence-electron chi connectivity index (χ0n) is 14.7. The highest BCUT2D eigenvalue weighted by atomic mass is 19.4. The zero-order valence-corrected chi connectivity index (χ0v) is 14.7. The Balaban J connectivity index is 1.90. The molecule has 27 heavy (non-hydrogen) atoms. The van der Waals surface area contributed by atoms with Crippen LogP contribution in [0.25, 0.3) is 0 Å². The Bertz CT molecular complexity index is 781. The minimum Gasteiger partial charge on any atom is -0.493 e. The number of hydrogen-bond acceptors (Lipinski definition) is 4. The van der Waals surface area contributed by atoms with Crippen molar-refractivity contribution in [2.45, 2.75) is 12.7 Å². The number of nitrogens with one attached hydrogen (secondary N) is 2. The predicted molar refractivity (Wildman–Crippen MR) is 93.4 cm³/mol. The molecule has 0 aliphatic heterocycles. The van der Waals surface area contributed by atoms with Crippen LogP contribution in [-0.4, -0.2) is 33.0 Å². The predicted octanol–water partition coefficient (Wildman–Crippen LogP) is 3.97. The number of amides is 2. The lowest BCUT2D eigenvalue weighted by Gasteiger charge is -2.12. The molecule has 0 radical (unpaired) electrons. The van der Waals surface area contributed by atoms with E-state index in [1.54, 1.807) is 18.2 Å². The topological polar surface area (TPSA) is 68.8 Å².